The highest BCUT2D eigenvalue weighted by Crippen LogP contribution is 2.47. The van der Waals surface area contributed by atoms with Crippen LogP contribution in [0.2, 0.25) is 0 Å². The number of nitrogens with one attached hydrogen (secondary N) is 1. The standard InChI is InChI=1S/C31H32N2O6S/c1-6-32-25-14-27-23(12-18(25)3)29(20-10-8-9-11-21(20)30(34)35)24-13-22-19(17-40(36,37)38)16-31(4,5)33(7-2)26(22)15-28(24)39-27/h8-16H,6-7,17H2,1-5H3,(H,34,35)(H,36,37,38)/p+1. The van der Waals surface area contributed by atoms with Crippen molar-refractivity contribution in [2.24, 2.45) is 0 Å². The van der Waals surface area contributed by atoms with Crippen molar-refractivity contribution in [3.8, 4) is 22.5 Å². The largest absolute Gasteiger partial charge is 0.478 e. The van der Waals surface area contributed by atoms with Crippen molar-refractivity contribution < 1.29 is 32.3 Å². The quantitative estimate of drug-likeness (QED) is 0.239. The van der Waals surface area contributed by atoms with Gasteiger partial charge in [0.05, 0.1) is 17.2 Å². The van der Waals surface area contributed by atoms with Crippen LogP contribution in [-0.4, -0.2) is 48.4 Å². The molecule has 0 unspecified atom stereocenters. The number of carbonyl (C=O) groups is 1. The summed E-state index contributed by atoms with van der Waals surface area (Å²) in [6.07, 6.45) is 1.87. The molecule has 0 amide bonds. The molecule has 2 aromatic carbocycles. The fraction of sp³-hybridized carbons (Fsp3) is 0.290. The zero-order valence-corrected chi connectivity index (χ0v) is 24.0. The molecule has 208 valence electrons. The van der Waals surface area contributed by atoms with Crippen LogP contribution >= 0.6 is 0 Å². The first-order valence-electron chi connectivity index (χ1n) is 13.2. The second-order valence-electron chi connectivity index (χ2n) is 10.7. The number of fused-ring (bicyclic) bond motifs is 3. The van der Waals surface area contributed by atoms with E-state index < -0.39 is 27.4 Å². The van der Waals surface area contributed by atoms with Gasteiger partial charge < -0.3 is 14.4 Å². The molecule has 0 radical (unpaired) electrons. The molecule has 0 spiro atoms. The Morgan fingerprint density at radius 1 is 1.05 bits per heavy atom. The normalized spacial score (nSPS) is 15.4. The number of carboxylic acid groups (broad SMARTS) is 1. The summed E-state index contributed by atoms with van der Waals surface area (Å²) in [5.74, 6) is -0.998. The van der Waals surface area contributed by atoms with Gasteiger partial charge in [-0.15, -0.1) is 0 Å². The molecule has 0 aromatic heterocycles. The third-order valence-corrected chi connectivity index (χ3v) is 8.17. The molecule has 3 N–H and O–H groups in total. The topological polar surface area (TPSA) is 122 Å². The lowest BCUT2D eigenvalue weighted by molar-refractivity contribution is -0.496. The van der Waals surface area contributed by atoms with E-state index in [0.29, 0.717) is 45.5 Å². The first-order chi connectivity index (χ1) is 18.8. The number of benzene rings is 3. The number of likely N-dealkylation sites (N-methyl/N-ethyl adjacent to an activating group) is 1. The smallest absolute Gasteiger partial charge is 0.336 e. The maximum atomic E-state index is 12.3. The third kappa shape index (κ3) is 4.80. The van der Waals surface area contributed by atoms with E-state index in [1.54, 1.807) is 24.3 Å². The van der Waals surface area contributed by atoms with Gasteiger partial charge in [0.25, 0.3) is 10.1 Å². The number of nitrogens with zero attached hydrogens (tertiary/aromatic N) is 1. The molecule has 0 fully saturated rings. The Morgan fingerprint density at radius 2 is 1.77 bits per heavy atom. The van der Waals surface area contributed by atoms with Crippen LogP contribution in [0.25, 0.3) is 39.0 Å². The summed E-state index contributed by atoms with van der Waals surface area (Å²) in [6.45, 7) is 11.4. The first-order valence-corrected chi connectivity index (χ1v) is 14.8. The molecule has 40 heavy (non-hydrogen) atoms. The Hall–Kier alpha value is -3.95. The van der Waals surface area contributed by atoms with E-state index in [1.165, 1.54) is 0 Å². The minimum atomic E-state index is -4.32. The highest BCUT2D eigenvalue weighted by molar-refractivity contribution is 7.86. The maximum Gasteiger partial charge on any atom is 0.336 e. The summed E-state index contributed by atoms with van der Waals surface area (Å²) < 4.78 is 40.4. The molecule has 2 aromatic rings. The van der Waals surface area contributed by atoms with Crippen molar-refractivity contribution in [1.82, 2.24) is 0 Å². The highest BCUT2D eigenvalue weighted by Gasteiger charge is 2.34. The molecule has 0 saturated carbocycles. The number of hydrogen-bond donors (Lipinski definition) is 3. The molecule has 0 saturated heterocycles. The molecule has 2 aliphatic heterocycles. The molecule has 3 aliphatic rings. The maximum absolute atomic E-state index is 12.3. The summed E-state index contributed by atoms with van der Waals surface area (Å²) in [6, 6.07) is 14.5. The fourth-order valence-electron chi connectivity index (χ4n) is 5.91. The zero-order chi connectivity index (χ0) is 29.0. The van der Waals surface area contributed by atoms with Gasteiger partial charge in [-0.05, 0) is 64.0 Å². The zero-order valence-electron chi connectivity index (χ0n) is 23.2. The number of hydrogen-bond acceptors (Lipinski definition) is 5. The van der Waals surface area contributed by atoms with Crippen molar-refractivity contribution in [3.05, 3.63) is 76.7 Å². The Bertz CT molecular complexity index is 1850. The summed E-state index contributed by atoms with van der Waals surface area (Å²) in [7, 11) is -4.32. The summed E-state index contributed by atoms with van der Waals surface area (Å²) in [5, 5.41) is 11.6. The predicted octanol–water partition coefficient (Wildman–Crippen LogP) is 4.10. The highest BCUT2D eigenvalue weighted by atomic mass is 32.2. The van der Waals surface area contributed by atoms with Crippen LogP contribution in [0.5, 0.6) is 0 Å². The van der Waals surface area contributed by atoms with E-state index in [4.69, 9.17) is 4.42 Å². The van der Waals surface area contributed by atoms with Crippen LogP contribution in [0.1, 0.15) is 49.2 Å². The van der Waals surface area contributed by atoms with E-state index in [0.717, 1.165) is 28.7 Å². The number of aromatic carboxylic acids is 1. The van der Waals surface area contributed by atoms with Gasteiger partial charge in [0.15, 0.2) is 0 Å². The molecule has 5 rings (SSSR count). The number of rotatable bonds is 6. The van der Waals surface area contributed by atoms with Crippen molar-refractivity contribution >= 4 is 38.3 Å². The molecule has 8 nitrogen and oxygen atoms in total. The van der Waals surface area contributed by atoms with Gasteiger partial charge in [-0.3, -0.25) is 4.55 Å². The molecular formula is C31H33N2O6S+. The molecular weight excluding hydrogens is 528 g/mol. The van der Waals surface area contributed by atoms with Crippen LogP contribution in [0, 0.1) is 6.92 Å². The predicted molar refractivity (Wildman–Crippen MR) is 156 cm³/mol. The van der Waals surface area contributed by atoms with Crippen molar-refractivity contribution in [2.75, 3.05) is 23.7 Å². The molecule has 2 heterocycles. The average molecular weight is 562 g/mol. The van der Waals surface area contributed by atoms with Crippen LogP contribution in [0.3, 0.4) is 0 Å². The molecule has 9 heteroatoms. The van der Waals surface area contributed by atoms with E-state index in [-0.39, 0.29) is 5.56 Å². The van der Waals surface area contributed by atoms with Crippen LogP contribution in [-0.2, 0) is 10.1 Å². The number of carboxylic acids is 1. The van der Waals surface area contributed by atoms with Gasteiger partial charge in [-0.2, -0.15) is 8.42 Å². The molecule has 0 bridgehead atoms. The lowest BCUT2D eigenvalue weighted by Gasteiger charge is -2.43. The average Bonchev–Trinajstić information content (AvgIpc) is 2.86. The number of anilines is 1. The number of aryl methyl sites for hydroxylation is 1. The minimum absolute atomic E-state index is 0.146. The van der Waals surface area contributed by atoms with Gasteiger partial charge in [0, 0.05) is 45.9 Å². The first kappa shape index (κ1) is 27.6. The Balaban J connectivity index is 1.98. The van der Waals surface area contributed by atoms with Crippen molar-refractivity contribution in [2.45, 2.75) is 40.2 Å². The summed E-state index contributed by atoms with van der Waals surface area (Å²) >= 11 is 0. The van der Waals surface area contributed by atoms with Crippen molar-refractivity contribution in [1.29, 1.82) is 0 Å². The van der Waals surface area contributed by atoms with E-state index in [2.05, 4.69) is 9.89 Å². The van der Waals surface area contributed by atoms with E-state index in [1.807, 2.05) is 65.0 Å². The second kappa shape index (κ2) is 9.91. The minimum Gasteiger partial charge on any atom is -0.478 e. The molecule has 1 aliphatic carbocycles. The van der Waals surface area contributed by atoms with Crippen LogP contribution < -0.4 is 15.2 Å². The third-order valence-electron chi connectivity index (χ3n) is 7.49. The molecule has 0 atom stereocenters. The Kier molecular flexibility index (Phi) is 6.84. The van der Waals surface area contributed by atoms with Gasteiger partial charge in [-0.25, -0.2) is 9.79 Å². The second-order valence-corrected chi connectivity index (χ2v) is 12.1. The Labute approximate surface area is 233 Å². The monoisotopic (exact) mass is 561 g/mol. The Morgan fingerprint density at radius 3 is 2.42 bits per heavy atom. The van der Waals surface area contributed by atoms with Gasteiger partial charge >= 0.3 is 5.97 Å². The lowest BCUT2D eigenvalue weighted by Crippen LogP contribution is -2.76. The van der Waals surface area contributed by atoms with Gasteiger partial charge in [0.1, 0.15) is 23.6 Å². The summed E-state index contributed by atoms with van der Waals surface area (Å²) in [4.78, 5) is 17.8. The van der Waals surface area contributed by atoms with Gasteiger partial charge in [-0.1, -0.05) is 24.3 Å². The summed E-state index contributed by atoms with van der Waals surface area (Å²) in [5.41, 5.74) is 4.98. The van der Waals surface area contributed by atoms with Crippen LogP contribution in [0.4, 0.5) is 5.69 Å². The van der Waals surface area contributed by atoms with Gasteiger partial charge in [0.2, 0.25) is 5.36 Å². The van der Waals surface area contributed by atoms with E-state index >= 15 is 0 Å². The lowest BCUT2D eigenvalue weighted by atomic mass is 9.85. The van der Waals surface area contributed by atoms with E-state index in [9.17, 15) is 22.9 Å². The van der Waals surface area contributed by atoms with Crippen molar-refractivity contribution in [3.63, 3.8) is 0 Å². The SMILES string of the molecule is CC[NH+]=c1cc2oc3cc4c(cc3c(-c3ccccc3C(=O)O)c-2cc1C)C(CS(=O)(=O)O)=CC(C)(C)N4CC. The fourth-order valence-corrected chi connectivity index (χ4v) is 6.54. The van der Waals surface area contributed by atoms with Crippen LogP contribution in [0.15, 0.2) is 59.0 Å².